The van der Waals surface area contributed by atoms with Gasteiger partial charge in [-0.15, -0.1) is 10.2 Å². The first-order valence-electron chi connectivity index (χ1n) is 10.4. The highest BCUT2D eigenvalue weighted by molar-refractivity contribution is 5.78. The first kappa shape index (κ1) is 23.4. The van der Waals surface area contributed by atoms with Gasteiger partial charge in [0.25, 0.3) is 5.82 Å². The van der Waals surface area contributed by atoms with Gasteiger partial charge in [-0.05, 0) is 24.3 Å². The van der Waals surface area contributed by atoms with Gasteiger partial charge in [0.2, 0.25) is 0 Å². The Bertz CT molecular complexity index is 1220. The second-order valence-electron chi connectivity index (χ2n) is 7.34. The van der Waals surface area contributed by atoms with E-state index >= 15 is 0 Å². The van der Waals surface area contributed by atoms with Gasteiger partial charge in [-0.3, -0.25) is 0 Å². The van der Waals surface area contributed by atoms with Crippen molar-refractivity contribution in [1.82, 2.24) is 4.98 Å². The van der Waals surface area contributed by atoms with Crippen molar-refractivity contribution in [3.8, 4) is 39.6 Å². The zero-order chi connectivity index (χ0) is 24.0. The molecule has 0 atom stereocenters. The van der Waals surface area contributed by atoms with E-state index in [1.165, 1.54) is 11.1 Å². The fraction of sp³-hybridized carbons (Fsp3) is 0. The molecule has 1 heterocycles. The number of nitrogens with one attached hydrogen (secondary N) is 1. The molecule has 0 unspecified atom stereocenters. The quantitative estimate of drug-likeness (QED) is 0.400. The Balaban J connectivity index is 0.000000499. The maximum Gasteiger partial charge on any atom is 0.292 e. The standard InChI is InChI=1S/C27H20N2.ClHO4/c1-5-13-21(14-6-1)25-26(22-15-7-2-8-16-22)29(24-19-11-4-12-20-24)27(28-25)23-17-9-3-10-18-23;2-1(3,4)5/h1-20H;(H,2,3,4,5). The lowest BCUT2D eigenvalue weighted by atomic mass is 10.0. The summed E-state index contributed by atoms with van der Waals surface area (Å²) in [5, 5.41) is 0. The van der Waals surface area contributed by atoms with Gasteiger partial charge in [0.15, 0.2) is 11.4 Å². The summed E-state index contributed by atoms with van der Waals surface area (Å²) in [5.41, 5.74) is 6.88. The lowest BCUT2D eigenvalue weighted by Gasteiger charge is -2.17. The molecule has 0 saturated carbocycles. The van der Waals surface area contributed by atoms with Crippen molar-refractivity contribution in [2.45, 2.75) is 0 Å². The van der Waals surface area contributed by atoms with Crippen LogP contribution in [0.15, 0.2) is 121 Å². The van der Waals surface area contributed by atoms with E-state index in [1.54, 1.807) is 0 Å². The van der Waals surface area contributed by atoms with E-state index in [9.17, 15) is 0 Å². The van der Waals surface area contributed by atoms with Crippen molar-refractivity contribution in [1.29, 1.82) is 0 Å². The molecular weight excluding hydrogens is 452 g/mol. The van der Waals surface area contributed by atoms with Gasteiger partial charge < -0.3 is 0 Å². The van der Waals surface area contributed by atoms with Gasteiger partial charge in [0.1, 0.15) is 5.69 Å². The van der Waals surface area contributed by atoms with E-state index < -0.39 is 10.2 Å². The minimum Gasteiger partial charge on any atom is -0.236 e. The third kappa shape index (κ3) is 5.77. The summed E-state index contributed by atoms with van der Waals surface area (Å²) >= 11 is 0. The topological polar surface area (TPSA) is 112 Å². The molecular formula is C27H21ClN2O4. The van der Waals surface area contributed by atoms with Crippen LogP contribution in [0, 0.1) is 10.2 Å². The summed E-state index contributed by atoms with van der Waals surface area (Å²) in [4.78, 5) is 3.74. The maximum atomic E-state index is 8.49. The van der Waals surface area contributed by atoms with Crippen LogP contribution >= 0.6 is 0 Å². The smallest absolute Gasteiger partial charge is 0.236 e. The molecule has 34 heavy (non-hydrogen) atoms. The van der Waals surface area contributed by atoms with E-state index in [0.717, 1.165) is 28.5 Å². The summed E-state index contributed by atoms with van der Waals surface area (Å²) < 4.78 is 36.3. The molecule has 6 nitrogen and oxygen atoms in total. The lowest BCUT2D eigenvalue weighted by molar-refractivity contribution is -2.00. The second kappa shape index (κ2) is 10.4. The Hall–Kier alpha value is -3.78. The molecule has 5 aromatic rings. The predicted octanol–water partition coefficient (Wildman–Crippen LogP) is 1.54. The monoisotopic (exact) mass is 472 g/mol. The number of hydrogen-bond donors (Lipinski definition) is 1. The van der Waals surface area contributed by atoms with Crippen molar-refractivity contribution < 1.29 is 33.4 Å². The highest BCUT2D eigenvalue weighted by atomic mass is 35.7. The van der Waals surface area contributed by atoms with E-state index in [2.05, 4.69) is 131 Å². The Morgan fingerprint density at radius 1 is 0.500 bits per heavy atom. The zero-order valence-electron chi connectivity index (χ0n) is 18.0. The first-order valence-corrected chi connectivity index (χ1v) is 11.7. The highest BCUT2D eigenvalue weighted by Gasteiger charge is 2.29. The summed E-state index contributed by atoms with van der Waals surface area (Å²) in [7, 11) is -4.94. The third-order valence-corrected chi connectivity index (χ3v) is 5.10. The number of halogens is 1. The minimum atomic E-state index is -4.94. The van der Waals surface area contributed by atoms with Crippen LogP contribution in [0.25, 0.3) is 39.6 Å². The van der Waals surface area contributed by atoms with Crippen molar-refractivity contribution in [3.05, 3.63) is 121 Å². The van der Waals surface area contributed by atoms with Crippen molar-refractivity contribution in [2.75, 3.05) is 0 Å². The molecule has 4 aromatic carbocycles. The average molecular weight is 473 g/mol. The largest absolute Gasteiger partial charge is 0.292 e. The number of nitrogens with zero attached hydrogens (tertiary/aromatic N) is 1. The van der Waals surface area contributed by atoms with Gasteiger partial charge in [-0.25, -0.2) is 23.6 Å². The van der Waals surface area contributed by atoms with Gasteiger partial charge >= 0.3 is 0 Å². The van der Waals surface area contributed by atoms with E-state index in [0.29, 0.717) is 0 Å². The highest BCUT2D eigenvalue weighted by Crippen LogP contribution is 2.32. The first-order chi connectivity index (χ1) is 16.4. The van der Waals surface area contributed by atoms with Crippen LogP contribution in [-0.2, 0) is 0 Å². The fourth-order valence-corrected chi connectivity index (χ4v) is 3.77. The average Bonchev–Trinajstić information content (AvgIpc) is 3.26. The molecule has 1 N–H and O–H groups in total. The number of aromatic nitrogens is 2. The molecule has 7 heteroatoms. The van der Waals surface area contributed by atoms with Crippen LogP contribution in [0.5, 0.6) is 0 Å². The van der Waals surface area contributed by atoms with Gasteiger partial charge in [0.05, 0.1) is 5.56 Å². The Labute approximate surface area is 199 Å². The second-order valence-corrected chi connectivity index (χ2v) is 8.10. The maximum absolute atomic E-state index is 8.49. The number of benzene rings is 4. The molecule has 0 spiro atoms. The summed E-state index contributed by atoms with van der Waals surface area (Å²) in [5.74, 6) is 1.06. The fourth-order valence-electron chi connectivity index (χ4n) is 3.77. The Morgan fingerprint density at radius 3 is 1.35 bits per heavy atom. The summed E-state index contributed by atoms with van der Waals surface area (Å²) in [6.07, 6.45) is 0. The van der Waals surface area contributed by atoms with Crippen molar-refractivity contribution >= 4 is 0 Å². The van der Waals surface area contributed by atoms with Crippen molar-refractivity contribution in [3.63, 3.8) is 0 Å². The number of para-hydroxylation sites is 1. The third-order valence-electron chi connectivity index (χ3n) is 5.10. The summed E-state index contributed by atoms with van der Waals surface area (Å²) in [6, 6.07) is 42.2. The Kier molecular flexibility index (Phi) is 7.18. The summed E-state index contributed by atoms with van der Waals surface area (Å²) in [6.45, 7) is 0. The minimum absolute atomic E-state index is 1.06. The van der Waals surface area contributed by atoms with Crippen LogP contribution in [0.3, 0.4) is 0 Å². The molecule has 0 saturated heterocycles. The number of aromatic amines is 1. The van der Waals surface area contributed by atoms with Gasteiger partial charge in [0, 0.05) is 11.1 Å². The molecule has 170 valence electrons. The van der Waals surface area contributed by atoms with Crippen LogP contribution in [0.2, 0.25) is 0 Å². The molecule has 0 aliphatic rings. The number of hydrogen-bond acceptors (Lipinski definition) is 4. The number of imidazole rings is 1. The molecule has 1 aromatic heterocycles. The zero-order valence-corrected chi connectivity index (χ0v) is 18.8. The van der Waals surface area contributed by atoms with Crippen LogP contribution in [0.1, 0.15) is 0 Å². The van der Waals surface area contributed by atoms with Crippen LogP contribution in [-0.4, -0.2) is 4.98 Å². The molecule has 0 amide bonds. The van der Waals surface area contributed by atoms with Crippen molar-refractivity contribution in [2.24, 2.45) is 0 Å². The van der Waals surface area contributed by atoms with Crippen LogP contribution in [0.4, 0.5) is 0 Å². The van der Waals surface area contributed by atoms with E-state index in [-0.39, 0.29) is 0 Å². The van der Waals surface area contributed by atoms with Crippen LogP contribution < -0.4 is 23.2 Å². The molecule has 0 aliphatic carbocycles. The number of rotatable bonds is 4. The molecule has 0 aliphatic heterocycles. The molecule has 5 rings (SSSR count). The van der Waals surface area contributed by atoms with Gasteiger partial charge in [-0.2, -0.15) is 4.57 Å². The Morgan fingerprint density at radius 2 is 0.882 bits per heavy atom. The SMILES string of the molecule is [O-][Cl+3]([O-])([O-])[O-].c1ccc(-c2[nH]c(-c3ccccc3)[n+](-c3ccccc3)c2-c2ccccc2)cc1. The molecule has 0 radical (unpaired) electrons. The number of H-pyrrole nitrogens is 1. The predicted molar refractivity (Wildman–Crippen MR) is 119 cm³/mol. The lowest BCUT2D eigenvalue weighted by Crippen LogP contribution is -2.68. The normalized spacial score (nSPS) is 10.9. The van der Waals surface area contributed by atoms with E-state index in [4.69, 9.17) is 18.6 Å². The van der Waals surface area contributed by atoms with E-state index in [1.807, 2.05) is 0 Å². The molecule has 0 bridgehead atoms. The van der Waals surface area contributed by atoms with Gasteiger partial charge in [-0.1, -0.05) is 97.1 Å². The molecule has 0 fully saturated rings.